The molecule has 1 aliphatic heterocycles. The Hall–Kier alpha value is -1.76. The minimum atomic E-state index is 0.189. The van der Waals surface area contributed by atoms with Crippen LogP contribution in [0, 0.1) is 0 Å². The van der Waals surface area contributed by atoms with Crippen LogP contribution in [0.3, 0.4) is 0 Å². The van der Waals surface area contributed by atoms with E-state index in [0.717, 1.165) is 19.4 Å². The molecule has 1 atom stereocenters. The lowest BCUT2D eigenvalue weighted by atomic mass is 10.2. The summed E-state index contributed by atoms with van der Waals surface area (Å²) in [6.45, 7) is 1.00. The summed E-state index contributed by atoms with van der Waals surface area (Å²) in [5.74, 6) is 1.61. The summed E-state index contributed by atoms with van der Waals surface area (Å²) in [6, 6.07) is 0.189. The molecule has 15 heavy (non-hydrogen) atoms. The Labute approximate surface area is 85.3 Å². The molecule has 0 unspecified atom stereocenters. The Balaban J connectivity index is 1.87. The van der Waals surface area contributed by atoms with Gasteiger partial charge in [-0.15, -0.1) is 0 Å². The van der Waals surface area contributed by atoms with Crippen LogP contribution in [0.15, 0.2) is 10.9 Å². The molecule has 78 valence electrons. The molecular weight excluding hydrogens is 196 g/mol. The van der Waals surface area contributed by atoms with Crippen molar-refractivity contribution < 1.29 is 4.52 Å². The average molecular weight is 206 g/mol. The van der Waals surface area contributed by atoms with Gasteiger partial charge < -0.3 is 9.84 Å². The second-order valence-corrected chi connectivity index (χ2v) is 3.44. The van der Waals surface area contributed by atoms with Crippen molar-refractivity contribution in [3.8, 4) is 11.6 Å². The van der Waals surface area contributed by atoms with Gasteiger partial charge in [-0.05, 0) is 19.4 Å². The summed E-state index contributed by atoms with van der Waals surface area (Å²) in [5.41, 5.74) is 0. The van der Waals surface area contributed by atoms with E-state index < -0.39 is 0 Å². The Morgan fingerprint density at radius 1 is 1.47 bits per heavy atom. The molecule has 7 heteroatoms. The fraction of sp³-hybridized carbons (Fsp3) is 0.500. The number of aromatic nitrogens is 5. The van der Waals surface area contributed by atoms with E-state index in [9.17, 15) is 0 Å². The fourth-order valence-corrected chi connectivity index (χ4v) is 1.68. The standard InChI is InChI=1S/C8H10N6O/c1-2-5(9-3-1)8-12-7(14-15-8)6-10-4-11-13-6/h4-5,9H,1-3H2,(H,10,11,13)/t5-/m0/s1. The molecular formula is C8H10N6O. The van der Waals surface area contributed by atoms with E-state index in [4.69, 9.17) is 4.52 Å². The van der Waals surface area contributed by atoms with Gasteiger partial charge in [0.25, 0.3) is 0 Å². The molecule has 1 aliphatic rings. The van der Waals surface area contributed by atoms with Crippen LogP contribution in [-0.4, -0.2) is 31.9 Å². The van der Waals surface area contributed by atoms with Gasteiger partial charge in [-0.2, -0.15) is 10.1 Å². The van der Waals surface area contributed by atoms with Gasteiger partial charge in [0.2, 0.25) is 11.7 Å². The first-order valence-electron chi connectivity index (χ1n) is 4.86. The van der Waals surface area contributed by atoms with Gasteiger partial charge in [0, 0.05) is 0 Å². The van der Waals surface area contributed by atoms with Crippen molar-refractivity contribution >= 4 is 0 Å². The highest BCUT2D eigenvalue weighted by Gasteiger charge is 2.23. The van der Waals surface area contributed by atoms with Crippen LogP contribution in [0.1, 0.15) is 24.8 Å². The fourth-order valence-electron chi connectivity index (χ4n) is 1.68. The SMILES string of the molecule is c1n[nH]c(-c2noc([C@@H]3CCCN3)n2)n1. The third-order valence-electron chi connectivity index (χ3n) is 2.43. The molecule has 3 heterocycles. The second kappa shape index (κ2) is 3.43. The van der Waals surface area contributed by atoms with E-state index in [0.29, 0.717) is 17.5 Å². The maximum atomic E-state index is 5.16. The Bertz CT molecular complexity index is 430. The number of hydrogen-bond acceptors (Lipinski definition) is 6. The van der Waals surface area contributed by atoms with Gasteiger partial charge in [0.05, 0.1) is 6.04 Å². The molecule has 1 saturated heterocycles. The van der Waals surface area contributed by atoms with Crippen molar-refractivity contribution in [3.05, 3.63) is 12.2 Å². The van der Waals surface area contributed by atoms with Crippen molar-refractivity contribution in [2.45, 2.75) is 18.9 Å². The lowest BCUT2D eigenvalue weighted by Crippen LogP contribution is -2.12. The van der Waals surface area contributed by atoms with Crippen LogP contribution >= 0.6 is 0 Å². The monoisotopic (exact) mass is 206 g/mol. The summed E-state index contributed by atoms with van der Waals surface area (Å²) in [4.78, 5) is 8.22. The zero-order valence-electron chi connectivity index (χ0n) is 7.97. The second-order valence-electron chi connectivity index (χ2n) is 3.44. The smallest absolute Gasteiger partial charge is 0.244 e. The number of aromatic amines is 1. The summed E-state index contributed by atoms with van der Waals surface area (Å²) < 4.78 is 5.16. The zero-order chi connectivity index (χ0) is 10.1. The largest absolute Gasteiger partial charge is 0.337 e. The Kier molecular flexibility index (Phi) is 1.95. The molecule has 2 aromatic rings. The molecule has 0 bridgehead atoms. The number of nitrogens with one attached hydrogen (secondary N) is 2. The minimum absolute atomic E-state index is 0.189. The summed E-state index contributed by atoms with van der Waals surface area (Å²) in [6.07, 6.45) is 3.60. The maximum absolute atomic E-state index is 5.16. The van der Waals surface area contributed by atoms with E-state index in [1.807, 2.05) is 0 Å². The molecule has 2 aromatic heterocycles. The van der Waals surface area contributed by atoms with Crippen LogP contribution in [-0.2, 0) is 0 Å². The highest BCUT2D eigenvalue weighted by Crippen LogP contribution is 2.22. The van der Waals surface area contributed by atoms with Gasteiger partial charge in [-0.1, -0.05) is 5.16 Å². The first-order chi connectivity index (χ1) is 7.43. The van der Waals surface area contributed by atoms with Crippen LogP contribution in [0.5, 0.6) is 0 Å². The lowest BCUT2D eigenvalue weighted by Gasteiger charge is -2.00. The molecule has 0 aromatic carbocycles. The zero-order valence-corrected chi connectivity index (χ0v) is 7.97. The number of hydrogen-bond donors (Lipinski definition) is 2. The van der Waals surface area contributed by atoms with Gasteiger partial charge in [-0.3, -0.25) is 5.10 Å². The third kappa shape index (κ3) is 1.50. The molecule has 0 spiro atoms. The van der Waals surface area contributed by atoms with Crippen LogP contribution in [0.2, 0.25) is 0 Å². The maximum Gasteiger partial charge on any atom is 0.244 e. The molecule has 0 radical (unpaired) electrons. The van der Waals surface area contributed by atoms with Crippen molar-refractivity contribution in [2.24, 2.45) is 0 Å². The quantitative estimate of drug-likeness (QED) is 0.733. The minimum Gasteiger partial charge on any atom is -0.337 e. The molecule has 0 amide bonds. The van der Waals surface area contributed by atoms with Crippen molar-refractivity contribution in [3.63, 3.8) is 0 Å². The normalized spacial score (nSPS) is 20.9. The van der Waals surface area contributed by atoms with Crippen molar-refractivity contribution in [2.75, 3.05) is 6.54 Å². The molecule has 1 fully saturated rings. The van der Waals surface area contributed by atoms with Gasteiger partial charge in [0.1, 0.15) is 6.33 Å². The average Bonchev–Trinajstić information content (AvgIpc) is 3.02. The van der Waals surface area contributed by atoms with Gasteiger partial charge >= 0.3 is 0 Å². The Morgan fingerprint density at radius 3 is 3.20 bits per heavy atom. The van der Waals surface area contributed by atoms with E-state index in [1.54, 1.807) is 0 Å². The first-order valence-corrected chi connectivity index (χ1v) is 4.86. The van der Waals surface area contributed by atoms with E-state index in [1.165, 1.54) is 6.33 Å². The Morgan fingerprint density at radius 2 is 2.47 bits per heavy atom. The summed E-state index contributed by atoms with van der Waals surface area (Å²) in [5, 5.41) is 13.6. The van der Waals surface area contributed by atoms with Crippen LogP contribution in [0.4, 0.5) is 0 Å². The molecule has 0 aliphatic carbocycles. The lowest BCUT2D eigenvalue weighted by molar-refractivity contribution is 0.344. The topological polar surface area (TPSA) is 92.5 Å². The van der Waals surface area contributed by atoms with Crippen LogP contribution in [0.25, 0.3) is 11.6 Å². The predicted octanol–water partition coefficient (Wildman–Crippen LogP) is 0.279. The molecule has 7 nitrogen and oxygen atoms in total. The summed E-state index contributed by atoms with van der Waals surface area (Å²) in [7, 11) is 0. The van der Waals surface area contributed by atoms with Crippen molar-refractivity contribution in [1.29, 1.82) is 0 Å². The third-order valence-corrected chi connectivity index (χ3v) is 2.43. The van der Waals surface area contributed by atoms with Gasteiger partial charge in [-0.25, -0.2) is 4.98 Å². The molecule has 0 saturated carbocycles. The van der Waals surface area contributed by atoms with E-state index >= 15 is 0 Å². The van der Waals surface area contributed by atoms with E-state index in [-0.39, 0.29) is 6.04 Å². The summed E-state index contributed by atoms with van der Waals surface area (Å²) >= 11 is 0. The predicted molar refractivity (Wildman–Crippen MR) is 49.7 cm³/mol. The number of rotatable bonds is 2. The van der Waals surface area contributed by atoms with Crippen molar-refractivity contribution in [1.82, 2.24) is 30.6 Å². The number of nitrogens with zero attached hydrogens (tertiary/aromatic N) is 4. The highest BCUT2D eigenvalue weighted by molar-refractivity contribution is 5.39. The van der Waals surface area contributed by atoms with Gasteiger partial charge in [0.15, 0.2) is 5.82 Å². The molecule has 2 N–H and O–H groups in total. The number of H-pyrrole nitrogens is 1. The van der Waals surface area contributed by atoms with E-state index in [2.05, 4.69) is 30.6 Å². The first kappa shape index (κ1) is 8.54. The van der Waals surface area contributed by atoms with Crippen LogP contribution < -0.4 is 5.32 Å². The highest BCUT2D eigenvalue weighted by atomic mass is 16.5. The molecule has 3 rings (SSSR count).